The molecule has 2 rings (SSSR count). The van der Waals surface area contributed by atoms with Gasteiger partial charge >= 0.3 is 5.97 Å². The topological polar surface area (TPSA) is 73.9 Å². The summed E-state index contributed by atoms with van der Waals surface area (Å²) in [6.07, 6.45) is 0.550. The van der Waals surface area contributed by atoms with E-state index in [1.165, 1.54) is 26.4 Å². The summed E-state index contributed by atoms with van der Waals surface area (Å²) >= 11 is 12.0. The lowest BCUT2D eigenvalue weighted by Crippen LogP contribution is -2.30. The molecule has 0 aliphatic heterocycles. The second-order valence-electron chi connectivity index (χ2n) is 5.48. The zero-order valence-electron chi connectivity index (χ0n) is 14.9. The molecule has 0 fully saturated rings. The first-order valence-corrected chi connectivity index (χ1v) is 8.80. The van der Waals surface area contributed by atoms with E-state index in [0.717, 1.165) is 5.56 Å². The summed E-state index contributed by atoms with van der Waals surface area (Å²) < 4.78 is 15.3. The highest BCUT2D eigenvalue weighted by atomic mass is 35.5. The Kier molecular flexibility index (Phi) is 7.76. The van der Waals surface area contributed by atoms with Gasteiger partial charge in [-0.15, -0.1) is 0 Å². The lowest BCUT2D eigenvalue weighted by Gasteiger charge is -2.12. The largest absolute Gasteiger partial charge is 0.497 e. The first kappa shape index (κ1) is 20.9. The molecular weight excluding hydrogens is 393 g/mol. The highest BCUT2D eigenvalue weighted by molar-refractivity contribution is 6.35. The first-order chi connectivity index (χ1) is 12.9. The van der Waals surface area contributed by atoms with E-state index in [-0.39, 0.29) is 23.8 Å². The number of amides is 1. The van der Waals surface area contributed by atoms with Crippen LogP contribution in [0.3, 0.4) is 0 Å². The SMILES string of the molecule is COC(=O)c1ccc(OC)cc1OCC(=O)NCCc1ccc(Cl)cc1Cl. The molecule has 0 radical (unpaired) electrons. The van der Waals surface area contributed by atoms with Gasteiger partial charge in [0.25, 0.3) is 5.91 Å². The zero-order chi connectivity index (χ0) is 19.8. The normalized spacial score (nSPS) is 10.2. The average molecular weight is 412 g/mol. The van der Waals surface area contributed by atoms with Crippen LogP contribution in [0.2, 0.25) is 10.0 Å². The number of esters is 1. The van der Waals surface area contributed by atoms with Crippen molar-refractivity contribution in [1.82, 2.24) is 5.32 Å². The van der Waals surface area contributed by atoms with Crippen LogP contribution in [0.5, 0.6) is 11.5 Å². The van der Waals surface area contributed by atoms with Gasteiger partial charge in [-0.1, -0.05) is 29.3 Å². The van der Waals surface area contributed by atoms with Gasteiger partial charge in [0.05, 0.1) is 14.2 Å². The Morgan fingerprint density at radius 2 is 1.85 bits per heavy atom. The van der Waals surface area contributed by atoms with Gasteiger partial charge < -0.3 is 19.5 Å². The molecule has 1 amide bonds. The number of hydrogen-bond donors (Lipinski definition) is 1. The number of halogens is 2. The smallest absolute Gasteiger partial charge is 0.341 e. The highest BCUT2D eigenvalue weighted by Crippen LogP contribution is 2.25. The van der Waals surface area contributed by atoms with Crippen molar-refractivity contribution in [3.63, 3.8) is 0 Å². The molecular formula is C19H19Cl2NO5. The molecule has 0 saturated heterocycles. The molecule has 27 heavy (non-hydrogen) atoms. The van der Waals surface area contributed by atoms with E-state index < -0.39 is 5.97 Å². The van der Waals surface area contributed by atoms with Crippen LogP contribution in [0.25, 0.3) is 0 Å². The Labute approximate surface area is 167 Å². The first-order valence-electron chi connectivity index (χ1n) is 8.04. The number of carbonyl (C=O) groups excluding carboxylic acids is 2. The molecule has 0 saturated carbocycles. The third kappa shape index (κ3) is 6.05. The van der Waals surface area contributed by atoms with Gasteiger partial charge in [-0.2, -0.15) is 0 Å². The minimum Gasteiger partial charge on any atom is -0.497 e. The monoisotopic (exact) mass is 411 g/mol. The van der Waals surface area contributed by atoms with Gasteiger partial charge in [0.2, 0.25) is 0 Å². The third-order valence-electron chi connectivity index (χ3n) is 3.68. The number of nitrogens with one attached hydrogen (secondary N) is 1. The maximum Gasteiger partial charge on any atom is 0.341 e. The summed E-state index contributed by atoms with van der Waals surface area (Å²) in [5.41, 5.74) is 1.09. The molecule has 2 aromatic rings. The molecule has 0 atom stereocenters. The van der Waals surface area contributed by atoms with Crippen molar-refractivity contribution in [3.8, 4) is 11.5 Å². The van der Waals surface area contributed by atoms with Gasteiger partial charge in [0.15, 0.2) is 6.61 Å². The maximum absolute atomic E-state index is 12.0. The highest BCUT2D eigenvalue weighted by Gasteiger charge is 2.15. The van der Waals surface area contributed by atoms with Crippen molar-refractivity contribution in [2.75, 3.05) is 27.4 Å². The quantitative estimate of drug-likeness (QED) is 0.672. The van der Waals surface area contributed by atoms with Crippen LogP contribution in [-0.4, -0.2) is 39.2 Å². The lowest BCUT2D eigenvalue weighted by atomic mass is 10.1. The van der Waals surface area contributed by atoms with Gasteiger partial charge in [-0.3, -0.25) is 4.79 Å². The van der Waals surface area contributed by atoms with E-state index in [2.05, 4.69) is 5.32 Å². The average Bonchev–Trinajstić information content (AvgIpc) is 2.67. The minimum absolute atomic E-state index is 0.206. The summed E-state index contributed by atoms with van der Waals surface area (Å²) in [5, 5.41) is 3.84. The molecule has 0 aliphatic carbocycles. The van der Waals surface area contributed by atoms with Crippen molar-refractivity contribution < 1.29 is 23.8 Å². The second kappa shape index (κ2) is 10.0. The van der Waals surface area contributed by atoms with E-state index >= 15 is 0 Å². The standard InChI is InChI=1S/C19H19Cl2NO5/c1-25-14-5-6-15(19(24)26-2)17(10-14)27-11-18(23)22-8-7-12-3-4-13(20)9-16(12)21/h3-6,9-10H,7-8,11H2,1-2H3,(H,22,23). The molecule has 6 nitrogen and oxygen atoms in total. The number of hydrogen-bond acceptors (Lipinski definition) is 5. The molecule has 0 heterocycles. The van der Waals surface area contributed by atoms with Crippen LogP contribution in [0.4, 0.5) is 0 Å². The van der Waals surface area contributed by atoms with Crippen molar-refractivity contribution in [2.24, 2.45) is 0 Å². The third-order valence-corrected chi connectivity index (χ3v) is 4.27. The zero-order valence-corrected chi connectivity index (χ0v) is 16.4. The van der Waals surface area contributed by atoms with Crippen LogP contribution in [0.1, 0.15) is 15.9 Å². The van der Waals surface area contributed by atoms with Crippen molar-refractivity contribution >= 4 is 35.1 Å². The maximum atomic E-state index is 12.0. The van der Waals surface area contributed by atoms with Gasteiger partial charge in [-0.25, -0.2) is 4.79 Å². The number of rotatable bonds is 8. The lowest BCUT2D eigenvalue weighted by molar-refractivity contribution is -0.123. The van der Waals surface area contributed by atoms with E-state index in [4.69, 9.17) is 37.4 Å². The number of benzene rings is 2. The summed E-state index contributed by atoms with van der Waals surface area (Å²) in [4.78, 5) is 23.8. The van der Waals surface area contributed by atoms with E-state index in [0.29, 0.717) is 28.8 Å². The molecule has 8 heteroatoms. The Morgan fingerprint density at radius 1 is 1.07 bits per heavy atom. The Balaban J connectivity index is 1.90. The fraction of sp³-hybridized carbons (Fsp3) is 0.263. The summed E-state index contributed by atoms with van der Waals surface area (Å²) in [5.74, 6) is -0.197. The van der Waals surface area contributed by atoms with E-state index in [9.17, 15) is 9.59 Å². The van der Waals surface area contributed by atoms with E-state index in [1.807, 2.05) is 6.07 Å². The Hall–Kier alpha value is -2.44. The predicted molar refractivity (Wildman–Crippen MR) is 103 cm³/mol. The van der Waals surface area contributed by atoms with Crippen LogP contribution >= 0.6 is 23.2 Å². The molecule has 0 bridgehead atoms. The van der Waals surface area contributed by atoms with Crippen LogP contribution in [0.15, 0.2) is 36.4 Å². The summed E-state index contributed by atoms with van der Waals surface area (Å²) in [6.45, 7) is 0.122. The molecule has 0 aromatic heterocycles. The molecule has 0 unspecified atom stereocenters. The molecule has 2 aromatic carbocycles. The fourth-order valence-corrected chi connectivity index (χ4v) is 2.79. The second-order valence-corrected chi connectivity index (χ2v) is 6.32. The molecule has 0 aliphatic rings. The van der Waals surface area contributed by atoms with Crippen LogP contribution in [-0.2, 0) is 16.0 Å². The minimum atomic E-state index is -0.564. The van der Waals surface area contributed by atoms with Crippen LogP contribution < -0.4 is 14.8 Å². The predicted octanol–water partition coefficient (Wildman–Crippen LogP) is 3.53. The van der Waals surface area contributed by atoms with Crippen molar-refractivity contribution in [3.05, 3.63) is 57.6 Å². The summed E-state index contributed by atoms with van der Waals surface area (Å²) in [7, 11) is 2.76. The Morgan fingerprint density at radius 3 is 2.52 bits per heavy atom. The van der Waals surface area contributed by atoms with Crippen molar-refractivity contribution in [1.29, 1.82) is 0 Å². The number of methoxy groups -OCH3 is 2. The molecule has 144 valence electrons. The van der Waals surface area contributed by atoms with Gasteiger partial charge in [-0.05, 0) is 36.2 Å². The molecule has 1 N–H and O–H groups in total. The van der Waals surface area contributed by atoms with Crippen molar-refractivity contribution in [2.45, 2.75) is 6.42 Å². The Bertz CT molecular complexity index is 826. The molecule has 0 spiro atoms. The number of ether oxygens (including phenoxy) is 3. The fourth-order valence-electron chi connectivity index (χ4n) is 2.28. The van der Waals surface area contributed by atoms with Gasteiger partial charge in [0, 0.05) is 22.7 Å². The van der Waals surface area contributed by atoms with Crippen LogP contribution in [0, 0.1) is 0 Å². The number of carbonyl (C=O) groups is 2. The van der Waals surface area contributed by atoms with Gasteiger partial charge in [0.1, 0.15) is 17.1 Å². The summed E-state index contributed by atoms with van der Waals surface area (Å²) in [6, 6.07) is 9.85. The van der Waals surface area contributed by atoms with E-state index in [1.54, 1.807) is 18.2 Å².